The van der Waals surface area contributed by atoms with Crippen LogP contribution in [0.4, 0.5) is 15.8 Å². The monoisotopic (exact) mass is 730 g/mol. The van der Waals surface area contributed by atoms with Crippen molar-refractivity contribution in [2.75, 3.05) is 49.5 Å². The largest absolute Gasteiger partial charge is 0.481 e. The molecule has 13 heteroatoms. The number of aryl methyl sites for hydroxylation is 1. The first-order valence-corrected chi connectivity index (χ1v) is 18.4. The molecule has 1 aliphatic carbocycles. The zero-order valence-electron chi connectivity index (χ0n) is 29.3. The van der Waals surface area contributed by atoms with Crippen LogP contribution in [0.25, 0.3) is 10.9 Å². The highest BCUT2D eigenvalue weighted by Crippen LogP contribution is 2.37. The van der Waals surface area contributed by atoms with E-state index in [1.165, 1.54) is 12.1 Å². The molecule has 2 aromatic heterocycles. The number of Topliss-reactive ketones (excluding diaryl/α,β-unsaturated/α-hetero) is 1. The summed E-state index contributed by atoms with van der Waals surface area (Å²) in [4.78, 5) is 50.6. The van der Waals surface area contributed by atoms with Gasteiger partial charge in [-0.15, -0.1) is 0 Å². The summed E-state index contributed by atoms with van der Waals surface area (Å²) in [6.07, 6.45) is 8.38. The maximum atomic E-state index is 16.0. The lowest BCUT2D eigenvalue weighted by molar-refractivity contribution is -0.257. The van der Waals surface area contributed by atoms with E-state index in [0.29, 0.717) is 70.5 Å². The summed E-state index contributed by atoms with van der Waals surface area (Å²) in [6.45, 7) is 3.63. The zero-order chi connectivity index (χ0) is 36.4. The normalized spacial score (nSPS) is 21.2. The molecule has 11 nitrogen and oxygen atoms in total. The number of benzene rings is 2. The molecule has 274 valence electrons. The molecule has 1 unspecified atom stereocenters. The Morgan fingerprint density at radius 3 is 2.33 bits per heavy atom. The number of carbonyl (C=O) groups is 3. The number of halogens is 2. The molecule has 4 aromatic rings. The van der Waals surface area contributed by atoms with Crippen molar-refractivity contribution in [2.24, 2.45) is 13.0 Å². The maximum Gasteiger partial charge on any atom is 0.306 e. The number of carbonyl (C=O) groups excluding carboxylic acids is 2. The predicted octanol–water partition coefficient (Wildman–Crippen LogP) is 5.96. The first-order chi connectivity index (χ1) is 25.1. The molecule has 0 spiro atoms. The number of pyridine rings is 1. The van der Waals surface area contributed by atoms with Gasteiger partial charge in [0.25, 0.3) is 5.91 Å². The number of ketones is 1. The molecule has 52 heavy (non-hydrogen) atoms. The van der Waals surface area contributed by atoms with Crippen LogP contribution in [0.3, 0.4) is 0 Å². The number of hydrogen-bond acceptors (Lipinski definition) is 8. The molecule has 1 saturated carbocycles. The molecule has 1 amide bonds. The van der Waals surface area contributed by atoms with Crippen LogP contribution >= 0.6 is 11.6 Å². The number of rotatable bonds is 11. The fraction of sp³-hybridized carbons (Fsp3) is 0.436. The fourth-order valence-electron chi connectivity index (χ4n) is 8.09. The van der Waals surface area contributed by atoms with Gasteiger partial charge in [0.1, 0.15) is 5.82 Å². The van der Waals surface area contributed by atoms with Gasteiger partial charge in [-0.05, 0) is 74.4 Å². The molecular formula is C39H44ClFN6O5. The van der Waals surface area contributed by atoms with Crippen LogP contribution in [0, 0.1) is 11.7 Å². The van der Waals surface area contributed by atoms with Crippen molar-refractivity contribution in [3.05, 3.63) is 89.1 Å². The average Bonchev–Trinajstić information content (AvgIpc) is 3.82. The van der Waals surface area contributed by atoms with Gasteiger partial charge in [0.15, 0.2) is 5.78 Å². The summed E-state index contributed by atoms with van der Waals surface area (Å²) in [6, 6.07) is 14.0. The van der Waals surface area contributed by atoms with Gasteiger partial charge in [-0.3, -0.25) is 29.2 Å². The van der Waals surface area contributed by atoms with Crippen molar-refractivity contribution in [1.82, 2.24) is 19.4 Å². The predicted molar refractivity (Wildman–Crippen MR) is 197 cm³/mol. The van der Waals surface area contributed by atoms with E-state index in [1.807, 2.05) is 48.0 Å². The van der Waals surface area contributed by atoms with E-state index < -0.39 is 29.5 Å². The highest BCUT2D eigenvalue weighted by atomic mass is 35.5. The van der Waals surface area contributed by atoms with E-state index in [0.717, 1.165) is 29.4 Å². The van der Waals surface area contributed by atoms with Crippen LogP contribution < -0.4 is 10.2 Å². The van der Waals surface area contributed by atoms with E-state index in [-0.39, 0.29) is 34.6 Å². The van der Waals surface area contributed by atoms with Gasteiger partial charge < -0.3 is 24.6 Å². The van der Waals surface area contributed by atoms with Crippen LogP contribution in [0.15, 0.2) is 67.1 Å². The van der Waals surface area contributed by atoms with Gasteiger partial charge in [0.2, 0.25) is 5.85 Å². The quantitative estimate of drug-likeness (QED) is 0.193. The maximum absolute atomic E-state index is 16.0. The minimum absolute atomic E-state index is 0.107. The third-order valence-electron chi connectivity index (χ3n) is 10.9. The van der Waals surface area contributed by atoms with E-state index in [2.05, 4.69) is 25.0 Å². The molecule has 2 N–H and O–H groups in total. The number of nitrogens with zero attached hydrogens (tertiary/aromatic N) is 5. The molecule has 1 atom stereocenters. The Labute approximate surface area is 307 Å². The number of hydrogen-bond donors (Lipinski definition) is 2. The number of carboxylic acids is 1. The molecule has 0 radical (unpaired) electrons. The number of para-hydroxylation sites is 1. The third kappa shape index (κ3) is 7.17. The number of fused-ring (bicyclic) bond motifs is 1. The lowest BCUT2D eigenvalue weighted by Crippen LogP contribution is -2.71. The van der Waals surface area contributed by atoms with Crippen LogP contribution in [0.2, 0.25) is 5.02 Å². The van der Waals surface area contributed by atoms with Crippen molar-refractivity contribution in [3.8, 4) is 0 Å². The number of likely N-dealkylation sites (tertiary alicyclic amines) is 1. The second-order valence-electron chi connectivity index (χ2n) is 14.1. The van der Waals surface area contributed by atoms with Gasteiger partial charge in [0, 0.05) is 87.9 Å². The van der Waals surface area contributed by atoms with Crippen LogP contribution in [-0.2, 0) is 27.8 Å². The summed E-state index contributed by atoms with van der Waals surface area (Å²) in [7, 11) is 1.85. The lowest BCUT2D eigenvalue weighted by Gasteiger charge is -2.52. The SMILES string of the molecule is Cn1cc(C(=O)Nc2cc(F)c(CC(=O)C(OC3CCC(C(=O)O)CC3)(N3CCCC3)N3CCN(c4ccncc4)CC3)cc2Cl)c2ccccc21. The minimum atomic E-state index is -1.47. The number of carboxylic acid groups (broad SMARTS) is 1. The Kier molecular flexibility index (Phi) is 10.6. The van der Waals surface area contributed by atoms with E-state index in [9.17, 15) is 19.5 Å². The van der Waals surface area contributed by atoms with Gasteiger partial charge in [0.05, 0.1) is 28.3 Å². The molecule has 7 rings (SSSR count). The molecule has 2 aromatic carbocycles. The average molecular weight is 731 g/mol. The Hall–Kier alpha value is -4.36. The second kappa shape index (κ2) is 15.3. The van der Waals surface area contributed by atoms with Crippen LogP contribution in [0.1, 0.15) is 54.4 Å². The molecule has 0 bridgehead atoms. The number of ether oxygens (including phenoxy) is 1. The summed E-state index contributed by atoms with van der Waals surface area (Å²) in [5.74, 6) is -4.10. The van der Waals surface area contributed by atoms with Gasteiger partial charge in [-0.2, -0.15) is 0 Å². The summed E-state index contributed by atoms with van der Waals surface area (Å²) < 4.78 is 24.9. The van der Waals surface area contributed by atoms with Crippen LogP contribution in [0.5, 0.6) is 0 Å². The topological polar surface area (TPSA) is 120 Å². The lowest BCUT2D eigenvalue weighted by atomic mass is 9.87. The molecular weight excluding hydrogens is 687 g/mol. The second-order valence-corrected chi connectivity index (χ2v) is 14.5. The number of aliphatic carboxylic acids is 1. The Balaban J connectivity index is 1.16. The number of anilines is 2. The highest BCUT2D eigenvalue weighted by molar-refractivity contribution is 6.34. The molecule has 3 fully saturated rings. The molecule has 2 aliphatic heterocycles. The number of aromatic nitrogens is 2. The van der Waals surface area contributed by atoms with Crippen molar-refractivity contribution >= 4 is 51.5 Å². The summed E-state index contributed by atoms with van der Waals surface area (Å²) >= 11 is 6.69. The van der Waals surface area contributed by atoms with E-state index >= 15 is 4.39 Å². The Bertz CT molecular complexity index is 1940. The first-order valence-electron chi connectivity index (χ1n) is 18.1. The Morgan fingerprint density at radius 1 is 0.962 bits per heavy atom. The Morgan fingerprint density at radius 2 is 1.63 bits per heavy atom. The fourth-order valence-corrected chi connectivity index (χ4v) is 8.32. The first kappa shape index (κ1) is 36.0. The number of nitrogens with one attached hydrogen (secondary N) is 1. The van der Waals surface area contributed by atoms with Crippen molar-refractivity contribution in [2.45, 2.75) is 56.9 Å². The zero-order valence-corrected chi connectivity index (χ0v) is 30.0. The highest BCUT2D eigenvalue weighted by Gasteiger charge is 2.53. The van der Waals surface area contributed by atoms with Crippen molar-refractivity contribution in [1.29, 1.82) is 0 Å². The third-order valence-corrected chi connectivity index (χ3v) is 11.2. The standard InChI is InChI=1S/C39H44ClFN6O5/c1-44-25-31(30-6-2-3-7-35(30)44)37(49)43-34-24-33(41)27(22-32(34)40)23-36(48)39(46-16-4-5-17-46,52-29-10-8-26(9-11-29)38(50)51)47-20-18-45(19-21-47)28-12-14-42-15-13-28/h2-3,6-7,12-15,22,24-26,29H,4-5,8-11,16-21,23H2,1H3,(H,43,49)(H,50,51). The van der Waals surface area contributed by atoms with E-state index in [4.69, 9.17) is 16.3 Å². The molecule has 3 aliphatic rings. The molecule has 2 saturated heterocycles. The van der Waals surface area contributed by atoms with Gasteiger partial charge >= 0.3 is 5.97 Å². The smallest absolute Gasteiger partial charge is 0.306 e. The summed E-state index contributed by atoms with van der Waals surface area (Å²) in [5.41, 5.74) is 2.58. The van der Waals surface area contributed by atoms with Gasteiger partial charge in [-0.1, -0.05) is 29.8 Å². The van der Waals surface area contributed by atoms with Crippen molar-refractivity contribution in [3.63, 3.8) is 0 Å². The van der Waals surface area contributed by atoms with Crippen molar-refractivity contribution < 1.29 is 28.6 Å². The number of amides is 1. The minimum Gasteiger partial charge on any atom is -0.481 e. The van der Waals surface area contributed by atoms with E-state index in [1.54, 1.807) is 18.6 Å². The van der Waals surface area contributed by atoms with Crippen LogP contribution in [-0.4, -0.2) is 93.3 Å². The van der Waals surface area contributed by atoms with Gasteiger partial charge in [-0.25, -0.2) is 4.39 Å². The number of piperazine rings is 1. The summed E-state index contributed by atoms with van der Waals surface area (Å²) in [5, 5.41) is 13.3. The molecule has 4 heterocycles.